The van der Waals surface area contributed by atoms with Gasteiger partial charge in [0.25, 0.3) is 0 Å². The molecule has 1 heterocycles. The van der Waals surface area contributed by atoms with Crippen LogP contribution in [0.4, 0.5) is 10.1 Å². The largest absolute Gasteiger partial charge is 0.395 e. The number of rotatable bonds is 0. The van der Waals surface area contributed by atoms with Crippen LogP contribution >= 0.6 is 11.6 Å². The number of hydrogen-bond donors (Lipinski definition) is 1. The van der Waals surface area contributed by atoms with Crippen molar-refractivity contribution in [2.45, 2.75) is 6.92 Å². The molecule has 0 aliphatic heterocycles. The van der Waals surface area contributed by atoms with E-state index in [-0.39, 0.29) is 22.1 Å². The molecule has 12 heavy (non-hydrogen) atoms. The number of pyridine rings is 1. The lowest BCUT2D eigenvalue weighted by atomic mass is 10.2. The number of anilines is 1. The molecular weight excluding hydrogens is 181 g/mol. The highest BCUT2D eigenvalue weighted by atomic mass is 35.5. The molecule has 5 heteroatoms. The summed E-state index contributed by atoms with van der Waals surface area (Å²) in [7, 11) is 0. The van der Waals surface area contributed by atoms with Crippen molar-refractivity contribution in [1.29, 1.82) is 5.26 Å². The van der Waals surface area contributed by atoms with Crippen LogP contribution in [0.5, 0.6) is 0 Å². The predicted molar refractivity (Wildman–Crippen MR) is 43.1 cm³/mol. The van der Waals surface area contributed by atoms with Crippen molar-refractivity contribution < 1.29 is 4.39 Å². The van der Waals surface area contributed by atoms with Crippen LogP contribution < -0.4 is 5.73 Å². The molecular formula is C7H5ClFN3. The summed E-state index contributed by atoms with van der Waals surface area (Å²) >= 11 is 5.52. The molecule has 62 valence electrons. The summed E-state index contributed by atoms with van der Waals surface area (Å²) in [5, 5.41) is 8.36. The number of aromatic nitrogens is 1. The number of nitrogens with zero attached hydrogens (tertiary/aromatic N) is 2. The molecule has 0 saturated heterocycles. The minimum absolute atomic E-state index is 0.0481. The molecule has 1 aromatic rings. The van der Waals surface area contributed by atoms with Gasteiger partial charge in [-0.15, -0.1) is 0 Å². The number of nitrogens with two attached hydrogens (primary N) is 1. The number of hydrogen-bond acceptors (Lipinski definition) is 3. The van der Waals surface area contributed by atoms with E-state index in [4.69, 9.17) is 22.6 Å². The fourth-order valence-corrected chi connectivity index (χ4v) is 0.926. The lowest BCUT2D eigenvalue weighted by Gasteiger charge is -2.02. The first-order chi connectivity index (χ1) is 5.57. The molecule has 0 atom stereocenters. The Bertz CT molecular complexity index is 370. The van der Waals surface area contributed by atoms with Gasteiger partial charge in [0.1, 0.15) is 11.1 Å². The van der Waals surface area contributed by atoms with E-state index in [1.165, 1.54) is 6.92 Å². The van der Waals surface area contributed by atoms with Gasteiger partial charge in [0.05, 0.1) is 11.4 Å². The van der Waals surface area contributed by atoms with Gasteiger partial charge in [-0.25, -0.2) is 9.37 Å². The number of halogens is 2. The van der Waals surface area contributed by atoms with Crippen LogP contribution in [0, 0.1) is 24.1 Å². The van der Waals surface area contributed by atoms with E-state index in [9.17, 15) is 4.39 Å². The number of aryl methyl sites for hydroxylation is 1. The van der Waals surface area contributed by atoms with Gasteiger partial charge < -0.3 is 5.73 Å². The zero-order chi connectivity index (χ0) is 9.30. The fourth-order valence-electron chi connectivity index (χ4n) is 0.759. The topological polar surface area (TPSA) is 62.7 Å². The van der Waals surface area contributed by atoms with Crippen LogP contribution in [-0.2, 0) is 0 Å². The molecule has 2 N–H and O–H groups in total. The van der Waals surface area contributed by atoms with Gasteiger partial charge >= 0.3 is 0 Å². The van der Waals surface area contributed by atoms with Crippen molar-refractivity contribution in [3.05, 3.63) is 22.2 Å². The highest BCUT2D eigenvalue weighted by molar-refractivity contribution is 6.34. The molecule has 0 fully saturated rings. The van der Waals surface area contributed by atoms with E-state index >= 15 is 0 Å². The van der Waals surface area contributed by atoms with Crippen molar-refractivity contribution in [3.63, 3.8) is 0 Å². The summed E-state index contributed by atoms with van der Waals surface area (Å²) < 4.78 is 12.9. The SMILES string of the molecule is Cc1nc(C#N)c(Cl)c(N)c1F. The highest BCUT2D eigenvalue weighted by Gasteiger charge is 2.12. The molecule has 0 bridgehead atoms. The Hall–Kier alpha value is -1.34. The van der Waals surface area contributed by atoms with Gasteiger partial charge in [-0.1, -0.05) is 11.6 Å². The van der Waals surface area contributed by atoms with Crippen molar-refractivity contribution in [2.24, 2.45) is 0 Å². The second kappa shape index (κ2) is 2.95. The van der Waals surface area contributed by atoms with Crippen molar-refractivity contribution >= 4 is 17.3 Å². The van der Waals surface area contributed by atoms with Gasteiger partial charge in [-0.3, -0.25) is 0 Å². The summed E-state index contributed by atoms with van der Waals surface area (Å²) in [4.78, 5) is 3.60. The maximum Gasteiger partial charge on any atom is 0.168 e. The second-order valence-electron chi connectivity index (χ2n) is 2.20. The van der Waals surface area contributed by atoms with Gasteiger partial charge in [0, 0.05) is 0 Å². The van der Waals surface area contributed by atoms with Crippen LogP contribution in [-0.4, -0.2) is 4.98 Å². The molecule has 0 amide bonds. The molecule has 0 spiro atoms. The smallest absolute Gasteiger partial charge is 0.168 e. The predicted octanol–water partition coefficient (Wildman–Crippen LogP) is 1.64. The monoisotopic (exact) mass is 185 g/mol. The van der Waals surface area contributed by atoms with E-state index < -0.39 is 5.82 Å². The van der Waals surface area contributed by atoms with Crippen molar-refractivity contribution in [3.8, 4) is 6.07 Å². The van der Waals surface area contributed by atoms with Gasteiger partial charge in [0.2, 0.25) is 0 Å². The first kappa shape index (κ1) is 8.75. The summed E-state index contributed by atoms with van der Waals surface area (Å²) in [6, 6.07) is 1.71. The molecule has 0 unspecified atom stereocenters. The lowest BCUT2D eigenvalue weighted by molar-refractivity contribution is 0.614. The quantitative estimate of drug-likeness (QED) is 0.668. The van der Waals surface area contributed by atoms with Crippen LogP contribution in [0.1, 0.15) is 11.4 Å². The molecule has 0 radical (unpaired) electrons. The van der Waals surface area contributed by atoms with E-state index in [0.717, 1.165) is 0 Å². The van der Waals surface area contributed by atoms with Gasteiger partial charge in [-0.2, -0.15) is 5.26 Å². The van der Waals surface area contributed by atoms with Crippen LogP contribution in [0.25, 0.3) is 0 Å². The maximum atomic E-state index is 12.9. The van der Waals surface area contributed by atoms with E-state index in [0.29, 0.717) is 0 Å². The van der Waals surface area contributed by atoms with Crippen LogP contribution in [0.15, 0.2) is 0 Å². The second-order valence-corrected chi connectivity index (χ2v) is 2.58. The number of nitriles is 1. The van der Waals surface area contributed by atoms with Crippen molar-refractivity contribution in [2.75, 3.05) is 5.73 Å². The normalized spacial score (nSPS) is 9.50. The van der Waals surface area contributed by atoms with Gasteiger partial charge in [0.15, 0.2) is 11.5 Å². The minimum Gasteiger partial charge on any atom is -0.395 e. The lowest BCUT2D eigenvalue weighted by Crippen LogP contribution is -2.00. The van der Waals surface area contributed by atoms with E-state index in [1.807, 2.05) is 0 Å². The summed E-state index contributed by atoms with van der Waals surface area (Å²) in [5.41, 5.74) is 5.07. The van der Waals surface area contributed by atoms with E-state index in [2.05, 4.69) is 4.98 Å². The van der Waals surface area contributed by atoms with Crippen molar-refractivity contribution in [1.82, 2.24) is 4.98 Å². The van der Waals surface area contributed by atoms with Gasteiger partial charge in [-0.05, 0) is 6.92 Å². The Balaban J connectivity index is 3.52. The fraction of sp³-hybridized carbons (Fsp3) is 0.143. The Kier molecular flexibility index (Phi) is 2.15. The first-order valence-corrected chi connectivity index (χ1v) is 3.47. The van der Waals surface area contributed by atoms with Crippen LogP contribution in [0.2, 0.25) is 5.02 Å². The molecule has 1 rings (SSSR count). The Morgan fingerprint density at radius 1 is 1.67 bits per heavy atom. The number of nitrogen functional groups attached to an aromatic ring is 1. The van der Waals surface area contributed by atoms with Crippen LogP contribution in [0.3, 0.4) is 0 Å². The first-order valence-electron chi connectivity index (χ1n) is 3.09. The Morgan fingerprint density at radius 3 is 2.75 bits per heavy atom. The average Bonchev–Trinajstić information content (AvgIpc) is 2.08. The summed E-state index contributed by atoms with van der Waals surface area (Å²) in [5.74, 6) is -0.668. The Labute approximate surface area is 73.6 Å². The Morgan fingerprint density at radius 2 is 2.25 bits per heavy atom. The minimum atomic E-state index is -0.668. The zero-order valence-corrected chi connectivity index (χ0v) is 6.98. The average molecular weight is 186 g/mol. The third-order valence-electron chi connectivity index (χ3n) is 1.38. The van der Waals surface area contributed by atoms with E-state index in [1.54, 1.807) is 6.07 Å². The summed E-state index contributed by atoms with van der Waals surface area (Å²) in [6.45, 7) is 1.42. The molecule has 1 aromatic heterocycles. The summed E-state index contributed by atoms with van der Waals surface area (Å²) in [6.07, 6.45) is 0. The third-order valence-corrected chi connectivity index (χ3v) is 1.77. The maximum absolute atomic E-state index is 12.9. The molecule has 0 aromatic carbocycles. The standard InChI is InChI=1S/C7H5ClFN3/c1-3-6(9)7(11)5(8)4(2-10)12-3/h1H3,(H2,11,12). The molecule has 0 aliphatic carbocycles. The molecule has 0 aliphatic rings. The highest BCUT2D eigenvalue weighted by Crippen LogP contribution is 2.25. The third kappa shape index (κ3) is 1.19. The zero-order valence-electron chi connectivity index (χ0n) is 6.23. The molecule has 0 saturated carbocycles. The molecule has 3 nitrogen and oxygen atoms in total.